The Balaban J connectivity index is 2.19. The highest BCUT2D eigenvalue weighted by molar-refractivity contribution is 5.84. The third-order valence-corrected chi connectivity index (χ3v) is 3.65. The molecular weight excluding hydrogens is 244 g/mol. The lowest BCUT2D eigenvalue weighted by atomic mass is 9.97. The van der Waals surface area contributed by atoms with Gasteiger partial charge in [-0.25, -0.2) is 4.98 Å². The zero-order chi connectivity index (χ0) is 13.9. The lowest BCUT2D eigenvalue weighted by Gasteiger charge is -2.09. The van der Waals surface area contributed by atoms with Crippen LogP contribution in [0.5, 0.6) is 0 Å². The molecule has 0 unspecified atom stereocenters. The first-order valence-corrected chi connectivity index (χ1v) is 7.03. The van der Waals surface area contributed by atoms with E-state index in [9.17, 15) is 0 Å². The summed E-state index contributed by atoms with van der Waals surface area (Å²) in [7, 11) is 0. The number of fused-ring (bicyclic) bond motifs is 1. The molecular formula is C18H18N2. The molecule has 3 rings (SSSR count). The molecule has 2 heteroatoms. The number of hydrogen-bond acceptors (Lipinski definition) is 1. The predicted octanol–water partition coefficient (Wildman–Crippen LogP) is 5.04. The number of nitrogens with one attached hydrogen (secondary N) is 1. The highest BCUT2D eigenvalue weighted by Crippen LogP contribution is 2.29. The van der Waals surface area contributed by atoms with E-state index in [1.807, 2.05) is 18.2 Å². The second-order valence-electron chi connectivity index (χ2n) is 4.82. The first-order valence-electron chi connectivity index (χ1n) is 7.03. The SMILES string of the molecule is CC=C(CC)c1ccccc1-c1nc2ccccc2[nH]1. The van der Waals surface area contributed by atoms with Crippen LogP contribution < -0.4 is 0 Å². The number of nitrogens with zero attached hydrogens (tertiary/aromatic N) is 1. The molecule has 20 heavy (non-hydrogen) atoms. The van der Waals surface area contributed by atoms with Crippen molar-refractivity contribution in [2.24, 2.45) is 0 Å². The van der Waals surface area contributed by atoms with Gasteiger partial charge in [0.1, 0.15) is 5.82 Å². The lowest BCUT2D eigenvalue weighted by molar-refractivity contribution is 1.22. The molecule has 3 aromatic rings. The van der Waals surface area contributed by atoms with Gasteiger partial charge in [-0.1, -0.05) is 49.4 Å². The van der Waals surface area contributed by atoms with Crippen molar-refractivity contribution in [3.8, 4) is 11.4 Å². The van der Waals surface area contributed by atoms with Crippen molar-refractivity contribution < 1.29 is 0 Å². The smallest absolute Gasteiger partial charge is 0.139 e. The van der Waals surface area contributed by atoms with Gasteiger partial charge < -0.3 is 4.98 Å². The Morgan fingerprint density at radius 3 is 2.60 bits per heavy atom. The Bertz CT molecular complexity index is 733. The molecule has 0 atom stereocenters. The van der Waals surface area contributed by atoms with Gasteiger partial charge in [-0.3, -0.25) is 0 Å². The molecule has 0 fully saturated rings. The molecule has 0 aliphatic heterocycles. The van der Waals surface area contributed by atoms with Crippen LogP contribution in [-0.2, 0) is 0 Å². The molecule has 0 bridgehead atoms. The van der Waals surface area contributed by atoms with E-state index in [2.05, 4.69) is 55.2 Å². The number of H-pyrrole nitrogens is 1. The number of imidazole rings is 1. The lowest BCUT2D eigenvalue weighted by Crippen LogP contribution is -1.90. The third kappa shape index (κ3) is 2.14. The van der Waals surface area contributed by atoms with Crippen LogP contribution in [0, 0.1) is 0 Å². The van der Waals surface area contributed by atoms with Gasteiger partial charge in [0.05, 0.1) is 11.0 Å². The summed E-state index contributed by atoms with van der Waals surface area (Å²) in [6.45, 7) is 4.28. The maximum Gasteiger partial charge on any atom is 0.139 e. The predicted molar refractivity (Wildman–Crippen MR) is 85.5 cm³/mol. The van der Waals surface area contributed by atoms with Crippen LogP contribution in [0.4, 0.5) is 0 Å². The molecule has 1 aromatic heterocycles. The first-order chi connectivity index (χ1) is 9.83. The first kappa shape index (κ1) is 12.7. The molecule has 0 aliphatic carbocycles. The molecule has 2 aromatic carbocycles. The summed E-state index contributed by atoms with van der Waals surface area (Å²) in [6.07, 6.45) is 3.20. The number of allylic oxidation sites excluding steroid dienone is 2. The van der Waals surface area contributed by atoms with E-state index in [0.717, 1.165) is 23.3 Å². The van der Waals surface area contributed by atoms with Crippen LogP contribution in [0.2, 0.25) is 0 Å². The van der Waals surface area contributed by atoms with E-state index in [0.29, 0.717) is 0 Å². The van der Waals surface area contributed by atoms with Crippen molar-refractivity contribution >= 4 is 16.6 Å². The van der Waals surface area contributed by atoms with E-state index >= 15 is 0 Å². The Morgan fingerprint density at radius 1 is 1.10 bits per heavy atom. The Morgan fingerprint density at radius 2 is 1.85 bits per heavy atom. The summed E-state index contributed by atoms with van der Waals surface area (Å²) < 4.78 is 0. The van der Waals surface area contributed by atoms with Crippen molar-refractivity contribution in [3.05, 3.63) is 60.2 Å². The molecule has 0 radical (unpaired) electrons. The normalized spacial score (nSPS) is 12.0. The second-order valence-corrected chi connectivity index (χ2v) is 4.82. The van der Waals surface area contributed by atoms with E-state index in [-0.39, 0.29) is 0 Å². The van der Waals surface area contributed by atoms with Crippen molar-refractivity contribution in [1.29, 1.82) is 0 Å². The summed E-state index contributed by atoms with van der Waals surface area (Å²) >= 11 is 0. The fourth-order valence-corrected chi connectivity index (χ4v) is 2.60. The summed E-state index contributed by atoms with van der Waals surface area (Å²) in [5, 5.41) is 0. The maximum atomic E-state index is 4.71. The van der Waals surface area contributed by atoms with Crippen LogP contribution in [0.3, 0.4) is 0 Å². The van der Waals surface area contributed by atoms with E-state index < -0.39 is 0 Å². The Kier molecular flexibility index (Phi) is 3.38. The zero-order valence-corrected chi connectivity index (χ0v) is 11.9. The molecule has 0 saturated heterocycles. The number of aromatic amines is 1. The number of aromatic nitrogens is 2. The average molecular weight is 262 g/mol. The van der Waals surface area contributed by atoms with Crippen LogP contribution in [-0.4, -0.2) is 9.97 Å². The van der Waals surface area contributed by atoms with Gasteiger partial charge in [-0.05, 0) is 36.6 Å². The van der Waals surface area contributed by atoms with Gasteiger partial charge in [0.2, 0.25) is 0 Å². The topological polar surface area (TPSA) is 28.7 Å². The van der Waals surface area contributed by atoms with Crippen molar-refractivity contribution in [1.82, 2.24) is 9.97 Å². The highest BCUT2D eigenvalue weighted by Gasteiger charge is 2.11. The number of benzene rings is 2. The molecule has 2 nitrogen and oxygen atoms in total. The van der Waals surface area contributed by atoms with Gasteiger partial charge in [0.15, 0.2) is 0 Å². The van der Waals surface area contributed by atoms with E-state index in [4.69, 9.17) is 4.98 Å². The summed E-state index contributed by atoms with van der Waals surface area (Å²) in [5.41, 5.74) is 5.86. The Labute approximate surface area is 119 Å². The molecule has 100 valence electrons. The second kappa shape index (κ2) is 5.33. The molecule has 0 amide bonds. The molecule has 1 heterocycles. The van der Waals surface area contributed by atoms with Gasteiger partial charge in [-0.15, -0.1) is 0 Å². The number of hydrogen-bond donors (Lipinski definition) is 1. The van der Waals surface area contributed by atoms with Crippen LogP contribution in [0.25, 0.3) is 28.0 Å². The third-order valence-electron chi connectivity index (χ3n) is 3.65. The standard InChI is InChI=1S/C18H18N2/c1-3-13(4-2)14-9-5-6-10-15(14)18-19-16-11-7-8-12-17(16)20-18/h3,5-12H,4H2,1-2H3,(H,19,20). The van der Waals surface area contributed by atoms with Crippen molar-refractivity contribution in [2.75, 3.05) is 0 Å². The van der Waals surface area contributed by atoms with Gasteiger partial charge >= 0.3 is 0 Å². The summed E-state index contributed by atoms with van der Waals surface area (Å²) in [5.74, 6) is 0.939. The van der Waals surface area contributed by atoms with E-state index in [1.54, 1.807) is 0 Å². The van der Waals surface area contributed by atoms with Crippen molar-refractivity contribution in [3.63, 3.8) is 0 Å². The van der Waals surface area contributed by atoms with Crippen LogP contribution in [0.1, 0.15) is 25.8 Å². The van der Waals surface area contributed by atoms with Gasteiger partial charge in [-0.2, -0.15) is 0 Å². The minimum absolute atomic E-state index is 0.939. The Hall–Kier alpha value is -2.35. The number of rotatable bonds is 3. The molecule has 0 spiro atoms. The minimum atomic E-state index is 0.939. The minimum Gasteiger partial charge on any atom is -0.338 e. The maximum absolute atomic E-state index is 4.71. The fourth-order valence-electron chi connectivity index (χ4n) is 2.60. The van der Waals surface area contributed by atoms with Crippen LogP contribution >= 0.6 is 0 Å². The summed E-state index contributed by atoms with van der Waals surface area (Å²) in [4.78, 5) is 8.13. The monoisotopic (exact) mass is 262 g/mol. The van der Waals surface area contributed by atoms with E-state index in [1.165, 1.54) is 16.7 Å². The van der Waals surface area contributed by atoms with Gasteiger partial charge in [0, 0.05) is 5.56 Å². The van der Waals surface area contributed by atoms with Gasteiger partial charge in [0.25, 0.3) is 0 Å². The average Bonchev–Trinajstić information content (AvgIpc) is 2.93. The fraction of sp³-hybridized carbons (Fsp3) is 0.167. The highest BCUT2D eigenvalue weighted by atomic mass is 14.9. The molecule has 0 saturated carbocycles. The van der Waals surface area contributed by atoms with Crippen molar-refractivity contribution in [2.45, 2.75) is 20.3 Å². The number of para-hydroxylation sites is 2. The summed E-state index contributed by atoms with van der Waals surface area (Å²) in [6, 6.07) is 16.6. The molecule has 0 aliphatic rings. The largest absolute Gasteiger partial charge is 0.338 e. The van der Waals surface area contributed by atoms with Crippen LogP contribution in [0.15, 0.2) is 54.6 Å². The molecule has 1 N–H and O–H groups in total. The quantitative estimate of drug-likeness (QED) is 0.703. The zero-order valence-electron chi connectivity index (χ0n) is 11.9.